The van der Waals surface area contributed by atoms with Crippen LogP contribution < -0.4 is 5.73 Å². The van der Waals surface area contributed by atoms with E-state index in [0.29, 0.717) is 6.54 Å². The van der Waals surface area contributed by atoms with Gasteiger partial charge in [-0.25, -0.2) is 0 Å². The minimum atomic E-state index is 0. The van der Waals surface area contributed by atoms with Crippen molar-refractivity contribution in [1.29, 1.82) is 0 Å². The van der Waals surface area contributed by atoms with Crippen LogP contribution in [-0.2, 0) is 0 Å². The quantitative estimate of drug-likeness (QED) is 0.481. The Morgan fingerprint density at radius 2 is 1.58 bits per heavy atom. The number of hydrogen-bond acceptors (Lipinski definition) is 1. The number of allylic oxidation sites excluding steroid dienone is 3. The van der Waals surface area contributed by atoms with Gasteiger partial charge in [-0.15, -0.1) is 0 Å². The van der Waals surface area contributed by atoms with Crippen molar-refractivity contribution in [2.45, 2.75) is 32.6 Å². The number of nitrogens with two attached hydrogens (primary N) is 1. The lowest BCUT2D eigenvalue weighted by atomic mass is 10.2. The predicted octanol–water partition coefficient (Wildman–Crippen LogP) is 1.81. The third-order valence-electron chi connectivity index (χ3n) is 1.45. The van der Waals surface area contributed by atoms with Crippen LogP contribution >= 0.6 is 0 Å². The van der Waals surface area contributed by atoms with Crippen molar-refractivity contribution in [1.82, 2.24) is 0 Å². The van der Waals surface area contributed by atoms with Crippen molar-refractivity contribution >= 4 is 0 Å². The summed E-state index contributed by atoms with van der Waals surface area (Å²) in [6, 6.07) is 0. The van der Waals surface area contributed by atoms with Crippen molar-refractivity contribution in [3.8, 4) is 0 Å². The third kappa shape index (κ3) is 12.1. The fourth-order valence-corrected chi connectivity index (χ4v) is 0.852. The van der Waals surface area contributed by atoms with Crippen molar-refractivity contribution in [2.75, 3.05) is 6.54 Å². The molecule has 0 atom stereocenters. The highest BCUT2D eigenvalue weighted by atomic mass is 16.0. The number of unbranched alkanes of at least 4 members (excludes halogenated alkanes) is 2. The summed E-state index contributed by atoms with van der Waals surface area (Å²) in [4.78, 5) is 0. The maximum atomic E-state index is 5.29. The molecular weight excluding hydrogens is 150 g/mol. The minimum Gasteiger partial charge on any atom is -0.412 e. The first-order chi connectivity index (χ1) is 5.41. The van der Waals surface area contributed by atoms with E-state index in [-0.39, 0.29) is 5.48 Å². The average Bonchev–Trinajstić information content (AvgIpc) is 2.03. The molecule has 72 valence electrons. The largest absolute Gasteiger partial charge is 0.412 e. The monoisotopic (exact) mass is 171 g/mol. The van der Waals surface area contributed by atoms with Crippen LogP contribution in [0.1, 0.15) is 32.6 Å². The molecular formula is C10H21NO. The van der Waals surface area contributed by atoms with Gasteiger partial charge in [0.1, 0.15) is 0 Å². The standard InChI is InChI=1S/C10H19N.H2O/c1-2-3-4-5-6-7-8-9-10-11;/h3-4,8-9H,2,5-7,10-11H2,1H3;1H2. The van der Waals surface area contributed by atoms with Crippen LogP contribution in [0.2, 0.25) is 0 Å². The van der Waals surface area contributed by atoms with Crippen molar-refractivity contribution in [3.05, 3.63) is 24.3 Å². The molecule has 0 aromatic carbocycles. The molecule has 0 saturated heterocycles. The Labute approximate surface area is 75.5 Å². The first-order valence-corrected chi connectivity index (χ1v) is 4.42. The second-order valence-corrected chi connectivity index (χ2v) is 2.52. The van der Waals surface area contributed by atoms with Crippen LogP contribution in [0.15, 0.2) is 24.3 Å². The molecule has 0 radical (unpaired) electrons. The molecule has 0 spiro atoms. The molecule has 0 aliphatic rings. The highest BCUT2D eigenvalue weighted by Crippen LogP contribution is 1.97. The Balaban J connectivity index is 0. The number of hydrogen-bond donors (Lipinski definition) is 1. The molecule has 0 rings (SSSR count). The molecule has 0 aromatic rings. The van der Waals surface area contributed by atoms with E-state index in [2.05, 4.69) is 25.2 Å². The molecule has 0 fully saturated rings. The summed E-state index contributed by atoms with van der Waals surface area (Å²) >= 11 is 0. The Morgan fingerprint density at radius 3 is 2.08 bits per heavy atom. The molecule has 0 heterocycles. The minimum absolute atomic E-state index is 0. The van der Waals surface area contributed by atoms with E-state index in [0.717, 1.165) is 12.8 Å². The lowest BCUT2D eigenvalue weighted by Gasteiger charge is -1.89. The van der Waals surface area contributed by atoms with E-state index >= 15 is 0 Å². The Morgan fingerprint density at radius 1 is 1.00 bits per heavy atom. The smallest absolute Gasteiger partial charge is 0.0106 e. The van der Waals surface area contributed by atoms with Crippen molar-refractivity contribution < 1.29 is 5.48 Å². The number of rotatable bonds is 6. The highest BCUT2D eigenvalue weighted by molar-refractivity contribution is 4.85. The van der Waals surface area contributed by atoms with Gasteiger partial charge in [0.25, 0.3) is 0 Å². The van der Waals surface area contributed by atoms with Crippen molar-refractivity contribution in [2.24, 2.45) is 5.73 Å². The highest BCUT2D eigenvalue weighted by Gasteiger charge is 1.78. The first-order valence-electron chi connectivity index (χ1n) is 4.42. The SMILES string of the molecule is CCC=CCCCC=CCN.O. The summed E-state index contributed by atoms with van der Waals surface area (Å²) in [7, 11) is 0. The van der Waals surface area contributed by atoms with Gasteiger partial charge in [-0.3, -0.25) is 0 Å². The zero-order valence-electron chi connectivity index (χ0n) is 7.92. The topological polar surface area (TPSA) is 57.5 Å². The second-order valence-electron chi connectivity index (χ2n) is 2.52. The Bertz CT molecular complexity index is 105. The van der Waals surface area contributed by atoms with Crippen molar-refractivity contribution in [3.63, 3.8) is 0 Å². The fourth-order valence-electron chi connectivity index (χ4n) is 0.852. The van der Waals surface area contributed by atoms with Gasteiger partial charge in [0.15, 0.2) is 0 Å². The van der Waals surface area contributed by atoms with Crippen LogP contribution in [0.25, 0.3) is 0 Å². The van der Waals surface area contributed by atoms with E-state index in [4.69, 9.17) is 5.73 Å². The lowest BCUT2D eigenvalue weighted by Crippen LogP contribution is -1.91. The normalized spacial score (nSPS) is 10.8. The zero-order chi connectivity index (χ0) is 8.36. The Kier molecular flexibility index (Phi) is 15.1. The molecule has 0 aliphatic carbocycles. The van der Waals surface area contributed by atoms with E-state index in [1.54, 1.807) is 0 Å². The molecule has 0 saturated carbocycles. The summed E-state index contributed by atoms with van der Waals surface area (Å²) in [6.07, 6.45) is 13.4. The predicted molar refractivity (Wildman–Crippen MR) is 55.1 cm³/mol. The van der Waals surface area contributed by atoms with Gasteiger partial charge in [-0.1, -0.05) is 31.2 Å². The second kappa shape index (κ2) is 13.0. The molecule has 0 aromatic heterocycles. The molecule has 0 amide bonds. The van der Waals surface area contributed by atoms with Gasteiger partial charge in [0, 0.05) is 6.54 Å². The summed E-state index contributed by atoms with van der Waals surface area (Å²) in [6.45, 7) is 2.83. The van der Waals surface area contributed by atoms with Crippen LogP contribution in [0.4, 0.5) is 0 Å². The van der Waals surface area contributed by atoms with Crippen LogP contribution in [0.3, 0.4) is 0 Å². The van der Waals surface area contributed by atoms with Crippen LogP contribution in [-0.4, -0.2) is 12.0 Å². The fraction of sp³-hybridized carbons (Fsp3) is 0.600. The van der Waals surface area contributed by atoms with E-state index in [1.165, 1.54) is 12.8 Å². The maximum Gasteiger partial charge on any atom is 0.0106 e. The van der Waals surface area contributed by atoms with Crippen LogP contribution in [0.5, 0.6) is 0 Å². The van der Waals surface area contributed by atoms with Gasteiger partial charge in [0.2, 0.25) is 0 Å². The summed E-state index contributed by atoms with van der Waals surface area (Å²) < 4.78 is 0. The van der Waals surface area contributed by atoms with E-state index in [9.17, 15) is 0 Å². The molecule has 4 N–H and O–H groups in total. The van der Waals surface area contributed by atoms with Gasteiger partial charge >= 0.3 is 0 Å². The van der Waals surface area contributed by atoms with Gasteiger partial charge in [-0.2, -0.15) is 0 Å². The van der Waals surface area contributed by atoms with Crippen LogP contribution in [0, 0.1) is 0 Å². The summed E-state index contributed by atoms with van der Waals surface area (Å²) in [5.41, 5.74) is 5.29. The molecule has 2 nitrogen and oxygen atoms in total. The molecule has 0 bridgehead atoms. The molecule has 0 unspecified atom stereocenters. The first kappa shape index (κ1) is 14.0. The summed E-state index contributed by atoms with van der Waals surface area (Å²) in [5, 5.41) is 0. The molecule has 2 heteroatoms. The summed E-state index contributed by atoms with van der Waals surface area (Å²) in [5.74, 6) is 0. The zero-order valence-corrected chi connectivity index (χ0v) is 7.92. The van der Waals surface area contributed by atoms with E-state index < -0.39 is 0 Å². The molecule has 0 aliphatic heterocycles. The maximum absolute atomic E-state index is 5.29. The van der Waals surface area contributed by atoms with Gasteiger partial charge in [-0.05, 0) is 25.7 Å². The lowest BCUT2D eigenvalue weighted by molar-refractivity contribution is 0.824. The third-order valence-corrected chi connectivity index (χ3v) is 1.45. The van der Waals surface area contributed by atoms with E-state index in [1.807, 2.05) is 6.08 Å². The average molecular weight is 171 g/mol. The molecule has 12 heavy (non-hydrogen) atoms. The van der Waals surface area contributed by atoms with Gasteiger partial charge in [0.05, 0.1) is 0 Å². The van der Waals surface area contributed by atoms with Gasteiger partial charge < -0.3 is 11.2 Å². The Hall–Kier alpha value is -0.600.